The number of hydrogen-bond donors (Lipinski definition) is 0. The van der Waals surface area contributed by atoms with Crippen LogP contribution < -0.4 is 0 Å². The maximum atomic E-state index is 12.5. The van der Waals surface area contributed by atoms with E-state index >= 15 is 0 Å². The Hall–Kier alpha value is 0.434. The summed E-state index contributed by atoms with van der Waals surface area (Å²) in [5, 5.41) is 1.70. The fourth-order valence-electron chi connectivity index (χ4n) is 1.19. The zero-order chi connectivity index (χ0) is 11.8. The summed E-state index contributed by atoms with van der Waals surface area (Å²) in [6.07, 6.45) is 4.01. The molecule has 0 saturated carbocycles. The van der Waals surface area contributed by atoms with Crippen LogP contribution in [0.3, 0.4) is 0 Å². The molecule has 0 fully saturated rings. The zero-order valence-electron chi connectivity index (χ0n) is 10.7. The predicted molar refractivity (Wildman–Crippen MR) is 58.8 cm³/mol. The van der Waals surface area contributed by atoms with Gasteiger partial charge >= 0.3 is 95.6 Å². The first kappa shape index (κ1) is 15.4. The average molecular weight is 254 g/mol. The second kappa shape index (κ2) is 6.90. The van der Waals surface area contributed by atoms with Crippen molar-refractivity contribution >= 4 is 0 Å². The van der Waals surface area contributed by atoms with Gasteiger partial charge in [0, 0.05) is 0 Å². The van der Waals surface area contributed by atoms with E-state index in [9.17, 15) is 3.32 Å². The van der Waals surface area contributed by atoms with Crippen molar-refractivity contribution in [2.75, 3.05) is 13.2 Å². The minimum absolute atomic E-state index is 0.518. The van der Waals surface area contributed by atoms with E-state index in [0.717, 1.165) is 25.7 Å². The molecule has 4 heteroatoms. The van der Waals surface area contributed by atoms with Crippen LogP contribution in [-0.2, 0) is 26.0 Å². The fraction of sp³-hybridized carbons (Fsp3) is 1.00. The van der Waals surface area contributed by atoms with E-state index in [0.29, 0.717) is 17.9 Å². The molecule has 15 heavy (non-hydrogen) atoms. The van der Waals surface area contributed by atoms with Gasteiger partial charge in [-0.1, -0.05) is 0 Å². The number of rotatable bonds is 9. The molecule has 0 aromatic rings. The van der Waals surface area contributed by atoms with Crippen molar-refractivity contribution in [3.63, 3.8) is 0 Å². The van der Waals surface area contributed by atoms with Crippen LogP contribution >= 0.6 is 0 Å². The van der Waals surface area contributed by atoms with Gasteiger partial charge in [-0.25, -0.2) is 0 Å². The van der Waals surface area contributed by atoms with E-state index in [1.807, 2.05) is 6.92 Å². The van der Waals surface area contributed by atoms with Crippen molar-refractivity contribution < 1.29 is 26.0 Å². The van der Waals surface area contributed by atoms with Crippen LogP contribution in [0.5, 0.6) is 0 Å². The van der Waals surface area contributed by atoms with Gasteiger partial charge in [0.25, 0.3) is 0 Å². The fourth-order valence-corrected chi connectivity index (χ4v) is 4.02. The molecular formula is C11H26O3Ti. The van der Waals surface area contributed by atoms with Gasteiger partial charge in [0.2, 0.25) is 0 Å². The van der Waals surface area contributed by atoms with Gasteiger partial charge in [-0.05, 0) is 0 Å². The van der Waals surface area contributed by atoms with Gasteiger partial charge in [0.1, 0.15) is 0 Å². The van der Waals surface area contributed by atoms with Crippen LogP contribution in [0.2, 0.25) is 9.95 Å². The Balaban J connectivity index is 4.15. The first-order valence-corrected chi connectivity index (χ1v) is 10.7. The molecule has 0 spiro atoms. The Morgan fingerprint density at radius 3 is 1.60 bits per heavy atom. The van der Waals surface area contributed by atoms with E-state index in [1.54, 1.807) is 5.23 Å². The third-order valence-corrected chi connectivity index (χ3v) is 8.08. The Morgan fingerprint density at radius 2 is 1.33 bits per heavy atom. The Labute approximate surface area is 95.7 Å². The summed E-state index contributed by atoms with van der Waals surface area (Å²) in [4.78, 5) is 0. The van der Waals surface area contributed by atoms with Crippen LogP contribution in [0, 0.1) is 0 Å². The molecule has 0 unspecified atom stereocenters. The van der Waals surface area contributed by atoms with Crippen molar-refractivity contribution in [2.45, 2.75) is 56.4 Å². The van der Waals surface area contributed by atoms with Gasteiger partial charge in [0.05, 0.1) is 0 Å². The van der Waals surface area contributed by atoms with E-state index in [1.165, 1.54) is 0 Å². The second-order valence-corrected chi connectivity index (χ2v) is 11.6. The zero-order valence-corrected chi connectivity index (χ0v) is 12.2. The maximum absolute atomic E-state index is 12.5. The molecule has 0 aromatic heterocycles. The summed E-state index contributed by atoms with van der Waals surface area (Å²) in [5.74, 6) is 0. The van der Waals surface area contributed by atoms with Crippen LogP contribution in [0.15, 0.2) is 0 Å². The molecule has 0 radical (unpaired) electrons. The van der Waals surface area contributed by atoms with Crippen molar-refractivity contribution in [3.8, 4) is 0 Å². The summed E-state index contributed by atoms with van der Waals surface area (Å²) >= 11 is -4.21. The Morgan fingerprint density at radius 1 is 0.933 bits per heavy atom. The first-order valence-electron chi connectivity index (χ1n) is 6.16. The molecule has 0 N–H and O–H groups in total. The van der Waals surface area contributed by atoms with Crippen LogP contribution in [0.1, 0.15) is 46.5 Å². The minimum atomic E-state index is -4.21. The first-order chi connectivity index (χ1) is 6.96. The molecule has 3 nitrogen and oxygen atoms in total. The number of hydrogen-bond acceptors (Lipinski definition) is 3. The molecule has 92 valence electrons. The molecule has 0 aliphatic rings. The van der Waals surface area contributed by atoms with Crippen LogP contribution in [-0.4, -0.2) is 13.2 Å². The second-order valence-electron chi connectivity index (χ2n) is 4.41. The third kappa shape index (κ3) is 6.57. The van der Waals surface area contributed by atoms with Crippen molar-refractivity contribution in [3.05, 3.63) is 0 Å². The van der Waals surface area contributed by atoms with E-state index in [-0.39, 0.29) is 0 Å². The van der Waals surface area contributed by atoms with Gasteiger partial charge in [-0.2, -0.15) is 0 Å². The SMILES string of the molecule is CCCC[O][Ti]([CH3])(=[O])([CH2]C)[O]CCCC. The van der Waals surface area contributed by atoms with E-state index in [4.69, 9.17) is 6.64 Å². The van der Waals surface area contributed by atoms with Gasteiger partial charge < -0.3 is 0 Å². The van der Waals surface area contributed by atoms with Crippen LogP contribution in [0.4, 0.5) is 0 Å². The molecule has 0 atom stereocenters. The molecule has 0 aromatic carbocycles. The van der Waals surface area contributed by atoms with Crippen molar-refractivity contribution in [2.24, 2.45) is 0 Å². The Kier molecular flexibility index (Phi) is 7.10. The summed E-state index contributed by atoms with van der Waals surface area (Å²) in [6.45, 7) is 7.20. The summed E-state index contributed by atoms with van der Waals surface area (Å²) < 4.78 is 24.2. The molecule has 0 saturated heterocycles. The molecule has 0 bridgehead atoms. The quantitative estimate of drug-likeness (QED) is 0.461. The van der Waals surface area contributed by atoms with Gasteiger partial charge in [-0.15, -0.1) is 0 Å². The summed E-state index contributed by atoms with van der Waals surface area (Å²) in [6, 6.07) is 0. The van der Waals surface area contributed by atoms with E-state index < -0.39 is 16.1 Å². The van der Waals surface area contributed by atoms with Gasteiger partial charge in [0.15, 0.2) is 0 Å². The molecule has 0 aliphatic heterocycles. The molecule has 0 amide bonds. The van der Waals surface area contributed by atoms with Crippen molar-refractivity contribution in [1.82, 2.24) is 0 Å². The normalized spacial score (nSPS) is 13.1. The third-order valence-electron chi connectivity index (χ3n) is 2.71. The Bertz CT molecular complexity index is 212. The van der Waals surface area contributed by atoms with Crippen LogP contribution in [0.25, 0.3) is 0 Å². The standard InChI is InChI=1S/2C4H9O.C2H5.CH3.O.Ti/c2*1-2-3-4-5;1-2;;;/h2*2-4H2,1H3;1H2,2H3;1H3;;/q2*-1;;;;+2. The average Bonchev–Trinajstić information content (AvgIpc) is 2.19. The predicted octanol–water partition coefficient (Wildman–Crippen LogP) is 3.97. The topological polar surface area (TPSA) is 35.5 Å². The molecule has 0 rings (SSSR count). The molecular weight excluding hydrogens is 228 g/mol. The number of unbranched alkanes of at least 4 members (excludes halogenated alkanes) is 2. The van der Waals surface area contributed by atoms with E-state index in [2.05, 4.69) is 13.8 Å². The molecule has 0 heterocycles. The monoisotopic (exact) mass is 254 g/mol. The van der Waals surface area contributed by atoms with Gasteiger partial charge in [-0.3, -0.25) is 0 Å². The van der Waals surface area contributed by atoms with Crippen molar-refractivity contribution in [1.29, 1.82) is 0 Å². The molecule has 0 aliphatic carbocycles. The summed E-state index contributed by atoms with van der Waals surface area (Å²) in [7, 11) is 0. The summed E-state index contributed by atoms with van der Waals surface area (Å²) in [5.41, 5.74) is 0.